The monoisotopic (exact) mass is 682 g/mol. The first-order valence-corrected chi connectivity index (χ1v) is 19.8. The van der Waals surface area contributed by atoms with Gasteiger partial charge in [0.05, 0.1) is 22.8 Å². The molecule has 0 atom stereocenters. The number of rotatable bonds is 19. The van der Waals surface area contributed by atoms with E-state index in [9.17, 15) is 0 Å². The predicted octanol–water partition coefficient (Wildman–Crippen LogP) is 11.6. The van der Waals surface area contributed by atoms with Crippen molar-refractivity contribution in [1.29, 1.82) is 0 Å². The lowest BCUT2D eigenvalue weighted by atomic mass is 10.0. The molecule has 0 saturated heterocycles. The minimum absolute atomic E-state index is 0.812. The quantitative estimate of drug-likeness (QED) is 0.0807. The molecule has 0 bridgehead atoms. The van der Waals surface area contributed by atoms with Gasteiger partial charge in [-0.2, -0.15) is 0 Å². The van der Waals surface area contributed by atoms with Crippen LogP contribution in [0.15, 0.2) is 60.7 Å². The highest BCUT2D eigenvalue weighted by molar-refractivity contribution is 5.71. The van der Waals surface area contributed by atoms with Gasteiger partial charge in [0.2, 0.25) is 0 Å². The number of aryl methyl sites for hydroxylation is 6. The third-order valence-corrected chi connectivity index (χ3v) is 9.32. The van der Waals surface area contributed by atoms with Gasteiger partial charge in [-0.1, -0.05) is 141 Å². The van der Waals surface area contributed by atoms with E-state index < -0.39 is 0 Å². The molecule has 0 aliphatic heterocycles. The molecule has 0 aliphatic carbocycles. The van der Waals surface area contributed by atoms with Gasteiger partial charge in [-0.05, 0) is 57.1 Å². The number of hydrogen-bond acceptors (Lipinski definition) is 6. The van der Waals surface area contributed by atoms with E-state index in [0.29, 0.717) is 0 Å². The third kappa shape index (κ3) is 10.1. The third-order valence-electron chi connectivity index (χ3n) is 9.32. The van der Waals surface area contributed by atoms with Crippen molar-refractivity contribution in [1.82, 2.24) is 29.9 Å². The summed E-state index contributed by atoms with van der Waals surface area (Å²) in [6.07, 6.45) is 15.8. The molecule has 5 rings (SSSR count). The van der Waals surface area contributed by atoms with Crippen molar-refractivity contribution in [3.8, 4) is 45.3 Å². The second-order valence-corrected chi connectivity index (χ2v) is 13.9. The summed E-state index contributed by atoms with van der Waals surface area (Å²) in [5.74, 6) is 1.64. The van der Waals surface area contributed by atoms with E-state index >= 15 is 0 Å². The Morgan fingerprint density at radius 2 is 0.686 bits per heavy atom. The van der Waals surface area contributed by atoms with Crippen LogP contribution in [-0.4, -0.2) is 29.9 Å². The maximum Gasteiger partial charge on any atom is 0.159 e. The van der Waals surface area contributed by atoms with Gasteiger partial charge in [0, 0.05) is 45.0 Å². The average molecular weight is 683 g/mol. The lowest BCUT2D eigenvalue weighted by molar-refractivity contribution is 0.659. The Bertz CT molecular complexity index is 1800. The van der Waals surface area contributed by atoms with Gasteiger partial charge in [-0.15, -0.1) is 0 Å². The summed E-state index contributed by atoms with van der Waals surface area (Å²) in [5, 5.41) is 0. The maximum atomic E-state index is 5.36. The summed E-state index contributed by atoms with van der Waals surface area (Å²) < 4.78 is 0. The van der Waals surface area contributed by atoms with Crippen LogP contribution in [0, 0.1) is 0 Å². The van der Waals surface area contributed by atoms with Gasteiger partial charge >= 0.3 is 0 Å². The van der Waals surface area contributed by atoms with E-state index in [1.165, 1.54) is 25.7 Å². The lowest BCUT2D eigenvalue weighted by Gasteiger charge is -2.15. The molecule has 0 aliphatic rings. The van der Waals surface area contributed by atoms with Gasteiger partial charge in [0.1, 0.15) is 0 Å². The van der Waals surface area contributed by atoms with Crippen molar-refractivity contribution in [2.75, 3.05) is 0 Å². The summed E-state index contributed by atoms with van der Waals surface area (Å²) in [6, 6.07) is 21.7. The van der Waals surface area contributed by atoms with Crippen molar-refractivity contribution in [2.45, 2.75) is 138 Å². The zero-order chi connectivity index (χ0) is 36.0. The molecule has 3 aromatic heterocycles. The topological polar surface area (TPSA) is 77.3 Å². The average Bonchev–Trinajstić information content (AvgIpc) is 3.14. The fourth-order valence-electron chi connectivity index (χ4n) is 6.72. The fourth-order valence-corrected chi connectivity index (χ4v) is 6.72. The summed E-state index contributed by atoms with van der Waals surface area (Å²) in [4.78, 5) is 30.5. The van der Waals surface area contributed by atoms with E-state index in [4.69, 9.17) is 29.9 Å². The SMILES string of the molecule is CCCCCCc1cc(CCC)nc(-c2ccc(-c3nc(CCC)c(-c4ccc(-c5nc(CCC)cc(CCC)n5)cc4)nc3CCC)cc2)n1. The van der Waals surface area contributed by atoms with Crippen LogP contribution in [0.2, 0.25) is 0 Å². The molecular formula is C45H58N6. The molecule has 0 fully saturated rings. The maximum absolute atomic E-state index is 5.36. The van der Waals surface area contributed by atoms with Crippen molar-refractivity contribution in [2.24, 2.45) is 0 Å². The Morgan fingerprint density at radius 3 is 1.04 bits per heavy atom. The second kappa shape index (κ2) is 19.3. The molecule has 0 spiro atoms. The van der Waals surface area contributed by atoms with Crippen LogP contribution in [0.5, 0.6) is 0 Å². The van der Waals surface area contributed by atoms with E-state index in [2.05, 4.69) is 102 Å². The minimum Gasteiger partial charge on any atom is -0.249 e. The Morgan fingerprint density at radius 1 is 0.333 bits per heavy atom. The molecule has 0 unspecified atom stereocenters. The van der Waals surface area contributed by atoms with Crippen LogP contribution < -0.4 is 0 Å². The molecule has 0 N–H and O–H groups in total. The summed E-state index contributed by atoms with van der Waals surface area (Å²) in [5.41, 5.74) is 12.8. The Hall–Kier alpha value is -4.32. The van der Waals surface area contributed by atoms with Gasteiger partial charge in [-0.25, -0.2) is 29.9 Å². The van der Waals surface area contributed by atoms with Crippen molar-refractivity contribution >= 4 is 0 Å². The second-order valence-electron chi connectivity index (χ2n) is 13.9. The van der Waals surface area contributed by atoms with Gasteiger partial charge in [0.25, 0.3) is 0 Å². The zero-order valence-corrected chi connectivity index (χ0v) is 32.1. The van der Waals surface area contributed by atoms with Crippen molar-refractivity contribution in [3.63, 3.8) is 0 Å². The van der Waals surface area contributed by atoms with Crippen molar-refractivity contribution < 1.29 is 0 Å². The normalized spacial score (nSPS) is 11.3. The van der Waals surface area contributed by atoms with Crippen LogP contribution >= 0.6 is 0 Å². The molecule has 5 aromatic rings. The first-order chi connectivity index (χ1) is 25.0. The van der Waals surface area contributed by atoms with Crippen molar-refractivity contribution in [3.05, 3.63) is 94.8 Å². The number of hydrogen-bond donors (Lipinski definition) is 0. The number of benzene rings is 2. The molecule has 0 amide bonds. The van der Waals surface area contributed by atoms with Crippen LogP contribution in [0.1, 0.15) is 133 Å². The number of unbranched alkanes of at least 4 members (excludes halogenated alkanes) is 3. The first kappa shape index (κ1) is 37.9. The highest BCUT2D eigenvalue weighted by Crippen LogP contribution is 2.31. The molecule has 3 heterocycles. The number of aromatic nitrogens is 6. The summed E-state index contributed by atoms with van der Waals surface area (Å²) >= 11 is 0. The number of nitrogens with zero attached hydrogens (tertiary/aromatic N) is 6. The standard InChI is InChI=1S/C45H58N6/c1-7-13-14-15-21-39-31-38(18-10-4)48-45(49-39)35-28-24-33(25-29-35)43-41(20-12-6)50-42(40(51-43)19-11-5)32-22-26-34(27-23-32)44-46-36(16-8-2)30-37(47-44)17-9-3/h22-31H,7-21H2,1-6H3. The Labute approximate surface area is 307 Å². The van der Waals surface area contributed by atoms with E-state index in [-0.39, 0.29) is 0 Å². The van der Waals surface area contributed by atoms with Gasteiger partial charge < -0.3 is 0 Å². The zero-order valence-electron chi connectivity index (χ0n) is 32.1. The molecule has 0 radical (unpaired) electrons. The molecule has 2 aromatic carbocycles. The molecule has 6 nitrogen and oxygen atoms in total. The van der Waals surface area contributed by atoms with E-state index in [1.807, 2.05) is 0 Å². The van der Waals surface area contributed by atoms with Crippen LogP contribution in [0.25, 0.3) is 45.3 Å². The summed E-state index contributed by atoms with van der Waals surface area (Å²) in [6.45, 7) is 13.3. The molecular weight excluding hydrogens is 625 g/mol. The summed E-state index contributed by atoms with van der Waals surface area (Å²) in [7, 11) is 0. The highest BCUT2D eigenvalue weighted by atomic mass is 14.9. The van der Waals surface area contributed by atoms with Crippen LogP contribution in [-0.2, 0) is 38.5 Å². The largest absolute Gasteiger partial charge is 0.249 e. The highest BCUT2D eigenvalue weighted by Gasteiger charge is 2.18. The van der Waals surface area contributed by atoms with E-state index in [1.54, 1.807) is 0 Å². The van der Waals surface area contributed by atoms with Gasteiger partial charge in [0.15, 0.2) is 11.6 Å². The fraction of sp³-hybridized carbons (Fsp3) is 0.467. The molecule has 6 heteroatoms. The Balaban J connectivity index is 1.46. The molecule has 51 heavy (non-hydrogen) atoms. The Kier molecular flexibility index (Phi) is 14.4. The molecule has 268 valence electrons. The smallest absolute Gasteiger partial charge is 0.159 e. The van der Waals surface area contributed by atoms with E-state index in [0.717, 1.165) is 150 Å². The van der Waals surface area contributed by atoms with Crippen LogP contribution in [0.4, 0.5) is 0 Å². The lowest BCUT2D eigenvalue weighted by Crippen LogP contribution is -2.06. The van der Waals surface area contributed by atoms with Crippen LogP contribution in [0.3, 0.4) is 0 Å². The van der Waals surface area contributed by atoms with Gasteiger partial charge in [-0.3, -0.25) is 0 Å². The first-order valence-electron chi connectivity index (χ1n) is 19.8. The molecule has 0 saturated carbocycles. The minimum atomic E-state index is 0.812. The predicted molar refractivity (Wildman–Crippen MR) is 213 cm³/mol.